The molecule has 0 fully saturated rings. The van der Waals surface area contributed by atoms with Crippen molar-refractivity contribution in [2.24, 2.45) is 0 Å². The van der Waals surface area contributed by atoms with Crippen LogP contribution < -0.4 is 11.1 Å². The Balaban J connectivity index is 2.13. The molecule has 0 aliphatic heterocycles. The average Bonchev–Trinajstić information content (AvgIpc) is 2.48. The first-order valence-electron chi connectivity index (χ1n) is 6.00. The van der Waals surface area contributed by atoms with Crippen LogP contribution in [0.2, 0.25) is 0 Å². The maximum absolute atomic E-state index is 13.8. The Morgan fingerprint density at radius 3 is 2.75 bits per heavy atom. The van der Waals surface area contributed by atoms with Crippen molar-refractivity contribution in [3.63, 3.8) is 0 Å². The number of fused-ring (bicyclic) bond motifs is 1. The van der Waals surface area contributed by atoms with Gasteiger partial charge in [0.2, 0.25) is 0 Å². The molecule has 3 N–H and O–H groups in total. The summed E-state index contributed by atoms with van der Waals surface area (Å²) in [5, 5.41) is 4.59. The quantitative estimate of drug-likeness (QED) is 0.696. The van der Waals surface area contributed by atoms with Gasteiger partial charge in [0.15, 0.2) is 11.6 Å². The number of hydrogen-bond acceptors (Lipinski definition) is 3. The molecule has 0 radical (unpaired) electrons. The van der Waals surface area contributed by atoms with Crippen LogP contribution in [-0.4, -0.2) is 4.98 Å². The average molecular weight is 271 g/mol. The summed E-state index contributed by atoms with van der Waals surface area (Å²) in [6.07, 6.45) is 3.33. The molecule has 0 bridgehead atoms. The fourth-order valence-corrected chi connectivity index (χ4v) is 2.05. The minimum absolute atomic E-state index is 0.0682. The van der Waals surface area contributed by atoms with Crippen LogP contribution in [0.3, 0.4) is 0 Å². The highest BCUT2D eigenvalue weighted by Gasteiger charge is 2.13. The summed E-state index contributed by atoms with van der Waals surface area (Å²) in [5.41, 5.74) is 6.39. The van der Waals surface area contributed by atoms with Crippen LogP contribution >= 0.6 is 0 Å². The SMILES string of the molecule is Nc1ccc(F)c(F)c1Nc1cccc2ccncc12. The molecule has 1 aromatic heterocycles. The van der Waals surface area contributed by atoms with E-state index >= 15 is 0 Å². The van der Waals surface area contributed by atoms with Gasteiger partial charge in [0, 0.05) is 23.5 Å². The van der Waals surface area contributed by atoms with E-state index in [1.165, 1.54) is 6.07 Å². The third kappa shape index (κ3) is 2.03. The zero-order valence-electron chi connectivity index (χ0n) is 10.4. The summed E-state index contributed by atoms with van der Waals surface area (Å²) in [4.78, 5) is 4.04. The number of aromatic nitrogens is 1. The van der Waals surface area contributed by atoms with Crippen molar-refractivity contribution in [1.82, 2.24) is 4.98 Å². The number of pyridine rings is 1. The van der Waals surface area contributed by atoms with Gasteiger partial charge in [-0.25, -0.2) is 8.78 Å². The molecule has 3 aromatic rings. The monoisotopic (exact) mass is 271 g/mol. The second-order valence-electron chi connectivity index (χ2n) is 4.35. The zero-order chi connectivity index (χ0) is 14.1. The van der Waals surface area contributed by atoms with Gasteiger partial charge in [-0.3, -0.25) is 4.98 Å². The van der Waals surface area contributed by atoms with Gasteiger partial charge < -0.3 is 11.1 Å². The lowest BCUT2D eigenvalue weighted by molar-refractivity contribution is 0.512. The van der Waals surface area contributed by atoms with E-state index < -0.39 is 11.6 Å². The fourth-order valence-electron chi connectivity index (χ4n) is 2.05. The molecule has 1 heterocycles. The van der Waals surface area contributed by atoms with Crippen molar-refractivity contribution in [3.8, 4) is 0 Å². The van der Waals surface area contributed by atoms with Crippen LogP contribution in [0.15, 0.2) is 48.8 Å². The van der Waals surface area contributed by atoms with E-state index in [-0.39, 0.29) is 11.4 Å². The second-order valence-corrected chi connectivity index (χ2v) is 4.35. The minimum Gasteiger partial charge on any atom is -0.397 e. The molecule has 20 heavy (non-hydrogen) atoms. The molecule has 0 amide bonds. The van der Waals surface area contributed by atoms with Crippen molar-refractivity contribution >= 4 is 27.8 Å². The first-order valence-corrected chi connectivity index (χ1v) is 6.00. The maximum Gasteiger partial charge on any atom is 0.184 e. The van der Waals surface area contributed by atoms with E-state index in [1.54, 1.807) is 18.5 Å². The van der Waals surface area contributed by atoms with Crippen LogP contribution in [0.5, 0.6) is 0 Å². The van der Waals surface area contributed by atoms with E-state index in [9.17, 15) is 8.78 Å². The highest BCUT2D eigenvalue weighted by Crippen LogP contribution is 2.31. The number of nitrogens with zero attached hydrogens (tertiary/aromatic N) is 1. The van der Waals surface area contributed by atoms with Gasteiger partial charge in [-0.2, -0.15) is 0 Å². The minimum atomic E-state index is -0.995. The molecule has 0 aliphatic carbocycles. The standard InChI is InChI=1S/C15H11F2N3/c16-11-4-5-12(18)15(14(11)17)20-13-3-1-2-9-6-7-19-8-10(9)13/h1-8,20H,18H2. The molecule has 3 rings (SSSR count). The van der Waals surface area contributed by atoms with Gasteiger partial charge in [0.25, 0.3) is 0 Å². The summed E-state index contributed by atoms with van der Waals surface area (Å²) in [7, 11) is 0. The van der Waals surface area contributed by atoms with E-state index in [0.29, 0.717) is 5.69 Å². The van der Waals surface area contributed by atoms with Gasteiger partial charge in [-0.05, 0) is 29.7 Å². The lowest BCUT2D eigenvalue weighted by atomic mass is 10.1. The summed E-state index contributed by atoms with van der Waals surface area (Å²) in [6.45, 7) is 0. The van der Waals surface area contributed by atoms with Gasteiger partial charge in [0.05, 0.1) is 5.69 Å². The van der Waals surface area contributed by atoms with E-state index in [0.717, 1.165) is 16.8 Å². The molecule has 0 saturated heterocycles. The topological polar surface area (TPSA) is 50.9 Å². The number of rotatable bonds is 2. The summed E-state index contributed by atoms with van der Waals surface area (Å²) < 4.78 is 27.1. The molecule has 100 valence electrons. The number of nitrogens with two attached hydrogens (primary N) is 1. The first-order chi connectivity index (χ1) is 9.66. The third-order valence-corrected chi connectivity index (χ3v) is 3.07. The number of hydrogen-bond donors (Lipinski definition) is 2. The van der Waals surface area contributed by atoms with Crippen LogP contribution in [-0.2, 0) is 0 Å². The molecule has 0 unspecified atom stereocenters. The van der Waals surface area contributed by atoms with Crippen LogP contribution in [0.25, 0.3) is 10.8 Å². The van der Waals surface area contributed by atoms with Crippen LogP contribution in [0.4, 0.5) is 25.8 Å². The molecule has 0 saturated carbocycles. The predicted octanol–water partition coefficient (Wildman–Crippen LogP) is 3.84. The molecule has 2 aromatic carbocycles. The Labute approximate surface area is 114 Å². The van der Waals surface area contributed by atoms with Crippen molar-refractivity contribution in [2.45, 2.75) is 0 Å². The Bertz CT molecular complexity index is 782. The fraction of sp³-hybridized carbons (Fsp3) is 0. The molecule has 3 nitrogen and oxygen atoms in total. The molecule has 0 spiro atoms. The summed E-state index contributed by atoms with van der Waals surface area (Å²) in [6, 6.07) is 9.65. The van der Waals surface area contributed by atoms with E-state index in [4.69, 9.17) is 5.73 Å². The van der Waals surface area contributed by atoms with Gasteiger partial charge >= 0.3 is 0 Å². The normalized spacial score (nSPS) is 10.7. The molecule has 0 atom stereocenters. The molecular formula is C15H11F2N3. The number of halogens is 2. The highest BCUT2D eigenvalue weighted by molar-refractivity contribution is 5.95. The van der Waals surface area contributed by atoms with Crippen molar-refractivity contribution in [1.29, 1.82) is 0 Å². The van der Waals surface area contributed by atoms with Crippen LogP contribution in [0, 0.1) is 11.6 Å². The second kappa shape index (κ2) is 4.77. The lowest BCUT2D eigenvalue weighted by Gasteiger charge is -2.12. The molecule has 0 aliphatic rings. The Kier molecular flexibility index (Phi) is 2.95. The van der Waals surface area contributed by atoms with E-state index in [2.05, 4.69) is 10.3 Å². The van der Waals surface area contributed by atoms with Gasteiger partial charge in [-0.1, -0.05) is 12.1 Å². The maximum atomic E-state index is 13.8. The number of nitrogen functional groups attached to an aromatic ring is 1. The van der Waals surface area contributed by atoms with E-state index in [1.807, 2.05) is 18.2 Å². The largest absolute Gasteiger partial charge is 0.397 e. The van der Waals surface area contributed by atoms with Crippen LogP contribution in [0.1, 0.15) is 0 Å². The van der Waals surface area contributed by atoms with Gasteiger partial charge in [-0.15, -0.1) is 0 Å². The number of nitrogens with one attached hydrogen (secondary N) is 1. The number of benzene rings is 2. The smallest absolute Gasteiger partial charge is 0.184 e. The van der Waals surface area contributed by atoms with Crippen molar-refractivity contribution in [3.05, 3.63) is 60.4 Å². The van der Waals surface area contributed by atoms with Gasteiger partial charge in [0.1, 0.15) is 5.69 Å². The molecule has 5 heteroatoms. The third-order valence-electron chi connectivity index (χ3n) is 3.07. The summed E-state index contributed by atoms with van der Waals surface area (Å²) in [5.74, 6) is -1.94. The Hall–Kier alpha value is -2.69. The molecular weight excluding hydrogens is 260 g/mol. The Morgan fingerprint density at radius 2 is 1.90 bits per heavy atom. The number of anilines is 3. The predicted molar refractivity (Wildman–Crippen MR) is 75.8 cm³/mol. The van der Waals surface area contributed by atoms with Crippen molar-refractivity contribution < 1.29 is 8.78 Å². The first kappa shape index (κ1) is 12.3. The lowest BCUT2D eigenvalue weighted by Crippen LogP contribution is -2.02. The van der Waals surface area contributed by atoms with Crippen molar-refractivity contribution in [2.75, 3.05) is 11.1 Å². The zero-order valence-corrected chi connectivity index (χ0v) is 10.4. The highest BCUT2D eigenvalue weighted by atomic mass is 19.2. The Morgan fingerprint density at radius 1 is 1.05 bits per heavy atom. The summed E-state index contributed by atoms with van der Waals surface area (Å²) >= 11 is 0.